The summed E-state index contributed by atoms with van der Waals surface area (Å²) in [5.74, 6) is -0.307. The topological polar surface area (TPSA) is 81.9 Å². The Kier molecular flexibility index (Phi) is 6.69. The quantitative estimate of drug-likeness (QED) is 0.247. The first-order valence-electron chi connectivity index (χ1n) is 10.8. The van der Waals surface area contributed by atoms with Gasteiger partial charge in [-0.2, -0.15) is 5.10 Å². The van der Waals surface area contributed by atoms with Gasteiger partial charge in [0.05, 0.1) is 18.4 Å². The van der Waals surface area contributed by atoms with E-state index in [4.69, 9.17) is 9.47 Å². The Balaban J connectivity index is 1.36. The van der Waals surface area contributed by atoms with Gasteiger partial charge in [0, 0.05) is 28.4 Å². The zero-order chi connectivity index (χ0) is 23.2. The van der Waals surface area contributed by atoms with Gasteiger partial charge in [0.15, 0.2) is 6.61 Å². The van der Waals surface area contributed by atoms with Gasteiger partial charge in [-0.05, 0) is 61.9 Å². The Labute approximate surface area is 191 Å². The summed E-state index contributed by atoms with van der Waals surface area (Å²) in [6, 6.07) is 20.9. The van der Waals surface area contributed by atoms with Crippen LogP contribution in [0.3, 0.4) is 0 Å². The minimum atomic E-state index is -0.395. The number of hydrogen-bond acceptors (Lipinski definition) is 5. The van der Waals surface area contributed by atoms with E-state index in [0.717, 1.165) is 17.5 Å². The summed E-state index contributed by atoms with van der Waals surface area (Å²) in [4.78, 5) is 23.7. The molecule has 33 heavy (non-hydrogen) atoms. The van der Waals surface area contributed by atoms with Crippen molar-refractivity contribution >= 4 is 39.9 Å². The van der Waals surface area contributed by atoms with Gasteiger partial charge in [-0.15, -0.1) is 0 Å². The van der Waals surface area contributed by atoms with E-state index in [9.17, 15) is 9.59 Å². The highest BCUT2D eigenvalue weighted by atomic mass is 16.5. The van der Waals surface area contributed by atoms with Crippen molar-refractivity contribution < 1.29 is 19.1 Å². The number of esters is 1. The number of aryl methyl sites for hydroxylation is 1. The molecule has 1 amide bonds. The smallest absolute Gasteiger partial charge is 0.338 e. The van der Waals surface area contributed by atoms with Crippen LogP contribution >= 0.6 is 0 Å². The third-order valence-electron chi connectivity index (χ3n) is 5.25. The van der Waals surface area contributed by atoms with Gasteiger partial charge in [0.1, 0.15) is 5.75 Å². The van der Waals surface area contributed by atoms with E-state index in [0.29, 0.717) is 17.9 Å². The lowest BCUT2D eigenvalue weighted by Crippen LogP contribution is -2.24. The average molecular weight is 444 g/mol. The van der Waals surface area contributed by atoms with Gasteiger partial charge in [-0.25, -0.2) is 10.2 Å². The van der Waals surface area contributed by atoms with Crippen molar-refractivity contribution in [1.29, 1.82) is 0 Å². The molecule has 1 aromatic heterocycles. The zero-order valence-electron chi connectivity index (χ0n) is 18.6. The molecular formula is C26H25N3O4. The number of aromatic nitrogens is 1. The van der Waals surface area contributed by atoms with E-state index in [-0.39, 0.29) is 12.5 Å². The van der Waals surface area contributed by atoms with E-state index in [1.165, 1.54) is 16.4 Å². The number of rotatable bonds is 8. The second-order valence-electron chi connectivity index (χ2n) is 7.36. The van der Waals surface area contributed by atoms with Crippen molar-refractivity contribution in [2.24, 2.45) is 5.10 Å². The summed E-state index contributed by atoms with van der Waals surface area (Å²) in [6.07, 6.45) is 1.61. The predicted octanol–water partition coefficient (Wildman–Crippen LogP) is 4.52. The van der Waals surface area contributed by atoms with Crippen LogP contribution in [0, 0.1) is 0 Å². The number of ether oxygens (including phenoxy) is 2. The highest BCUT2D eigenvalue weighted by Crippen LogP contribution is 2.29. The van der Waals surface area contributed by atoms with Crippen molar-refractivity contribution in [2.75, 3.05) is 13.2 Å². The molecule has 0 aliphatic rings. The van der Waals surface area contributed by atoms with Crippen molar-refractivity contribution in [1.82, 2.24) is 9.99 Å². The summed E-state index contributed by atoms with van der Waals surface area (Å²) in [6.45, 7) is 4.89. The lowest BCUT2D eigenvalue weighted by Gasteiger charge is -2.06. The number of carbonyl (C=O) groups is 2. The fourth-order valence-electron chi connectivity index (χ4n) is 3.75. The number of amides is 1. The Morgan fingerprint density at radius 1 is 0.970 bits per heavy atom. The van der Waals surface area contributed by atoms with Crippen LogP contribution in [0.15, 0.2) is 71.8 Å². The number of fused-ring (bicyclic) bond motifs is 3. The Morgan fingerprint density at radius 3 is 2.48 bits per heavy atom. The van der Waals surface area contributed by atoms with Crippen LogP contribution in [-0.2, 0) is 16.1 Å². The maximum absolute atomic E-state index is 12.1. The minimum absolute atomic E-state index is 0.195. The molecular weight excluding hydrogens is 418 g/mol. The molecule has 0 radical (unpaired) electrons. The Morgan fingerprint density at radius 2 is 1.73 bits per heavy atom. The van der Waals surface area contributed by atoms with Crippen molar-refractivity contribution in [2.45, 2.75) is 20.4 Å². The minimum Gasteiger partial charge on any atom is -0.484 e. The first kappa shape index (κ1) is 22.1. The maximum atomic E-state index is 12.1. The van der Waals surface area contributed by atoms with Crippen molar-refractivity contribution in [3.63, 3.8) is 0 Å². The third kappa shape index (κ3) is 4.87. The molecule has 4 aromatic rings. The molecule has 7 nitrogen and oxygen atoms in total. The van der Waals surface area contributed by atoms with E-state index in [2.05, 4.69) is 46.3 Å². The number of benzene rings is 3. The largest absolute Gasteiger partial charge is 0.484 e. The SMILES string of the molecule is CCOC(=O)c1ccc(OCC(=O)NN=Cc2ccc3c(c2)c2ccccc2n3CC)cc1. The fourth-order valence-corrected chi connectivity index (χ4v) is 3.75. The first-order chi connectivity index (χ1) is 16.1. The molecule has 0 saturated carbocycles. The van der Waals surface area contributed by atoms with E-state index >= 15 is 0 Å². The summed E-state index contributed by atoms with van der Waals surface area (Å²) in [5.41, 5.74) is 6.16. The molecule has 0 unspecified atom stereocenters. The molecule has 1 N–H and O–H groups in total. The molecule has 0 aliphatic heterocycles. The Bertz CT molecular complexity index is 1320. The molecule has 1 heterocycles. The molecule has 4 rings (SSSR count). The van der Waals surface area contributed by atoms with Crippen LogP contribution in [0.1, 0.15) is 29.8 Å². The number of carbonyl (C=O) groups excluding carboxylic acids is 2. The van der Waals surface area contributed by atoms with Crippen molar-refractivity contribution in [3.8, 4) is 5.75 Å². The molecule has 0 saturated heterocycles. The summed E-state index contributed by atoms with van der Waals surface area (Å²) >= 11 is 0. The Hall–Kier alpha value is -4.13. The average Bonchev–Trinajstić information content (AvgIpc) is 3.16. The second kappa shape index (κ2) is 9.99. The van der Waals surface area contributed by atoms with Gasteiger partial charge in [0.25, 0.3) is 5.91 Å². The standard InChI is InChI=1S/C26H25N3O4/c1-3-29-23-8-6-5-7-21(23)22-15-18(9-14-24(22)29)16-27-28-25(30)17-33-20-12-10-19(11-13-20)26(31)32-4-2/h5-16H,3-4,17H2,1-2H3,(H,28,30). The van der Waals surface area contributed by atoms with Crippen LogP contribution in [0.5, 0.6) is 5.75 Å². The van der Waals surface area contributed by atoms with Gasteiger partial charge in [-0.1, -0.05) is 24.3 Å². The normalized spacial score (nSPS) is 11.2. The van der Waals surface area contributed by atoms with Crippen LogP contribution in [-0.4, -0.2) is 35.9 Å². The number of nitrogens with one attached hydrogen (secondary N) is 1. The number of hydrogen-bond donors (Lipinski definition) is 1. The van der Waals surface area contributed by atoms with Gasteiger partial charge < -0.3 is 14.0 Å². The maximum Gasteiger partial charge on any atom is 0.338 e. The number of hydrazone groups is 1. The molecule has 7 heteroatoms. The fraction of sp³-hybridized carbons (Fsp3) is 0.192. The van der Waals surface area contributed by atoms with E-state index < -0.39 is 5.97 Å². The molecule has 0 fully saturated rings. The molecule has 3 aromatic carbocycles. The monoisotopic (exact) mass is 443 g/mol. The van der Waals surface area contributed by atoms with Gasteiger partial charge in [0.2, 0.25) is 0 Å². The van der Waals surface area contributed by atoms with Crippen LogP contribution in [0.25, 0.3) is 21.8 Å². The predicted molar refractivity (Wildman–Crippen MR) is 129 cm³/mol. The summed E-state index contributed by atoms with van der Waals surface area (Å²) in [5, 5.41) is 6.39. The molecule has 0 atom stereocenters. The molecule has 0 aliphatic carbocycles. The van der Waals surface area contributed by atoms with Gasteiger partial charge in [-0.3, -0.25) is 4.79 Å². The van der Waals surface area contributed by atoms with E-state index in [1.54, 1.807) is 37.4 Å². The lowest BCUT2D eigenvalue weighted by molar-refractivity contribution is -0.123. The summed E-state index contributed by atoms with van der Waals surface area (Å²) < 4.78 is 12.7. The zero-order valence-corrected chi connectivity index (χ0v) is 18.6. The lowest BCUT2D eigenvalue weighted by atomic mass is 10.1. The third-order valence-corrected chi connectivity index (χ3v) is 5.25. The molecule has 0 spiro atoms. The molecule has 0 bridgehead atoms. The second-order valence-corrected chi connectivity index (χ2v) is 7.36. The van der Waals surface area contributed by atoms with Crippen LogP contribution in [0.2, 0.25) is 0 Å². The van der Waals surface area contributed by atoms with Crippen molar-refractivity contribution in [3.05, 3.63) is 77.9 Å². The highest BCUT2D eigenvalue weighted by molar-refractivity contribution is 6.09. The van der Waals surface area contributed by atoms with E-state index in [1.807, 2.05) is 18.2 Å². The summed E-state index contributed by atoms with van der Waals surface area (Å²) in [7, 11) is 0. The van der Waals surface area contributed by atoms with Crippen LogP contribution < -0.4 is 10.2 Å². The van der Waals surface area contributed by atoms with Crippen LogP contribution in [0.4, 0.5) is 0 Å². The first-order valence-corrected chi connectivity index (χ1v) is 10.8. The highest BCUT2D eigenvalue weighted by Gasteiger charge is 2.09. The van der Waals surface area contributed by atoms with Gasteiger partial charge >= 0.3 is 5.97 Å². The number of para-hydroxylation sites is 1. The molecule has 168 valence electrons. The number of nitrogens with zero attached hydrogens (tertiary/aromatic N) is 2.